The lowest BCUT2D eigenvalue weighted by molar-refractivity contribution is 0.0698. The quantitative estimate of drug-likeness (QED) is 0.696. The van der Waals surface area contributed by atoms with Crippen LogP contribution in [0.5, 0.6) is 0 Å². The van der Waals surface area contributed by atoms with Gasteiger partial charge in [-0.3, -0.25) is 9.59 Å². The van der Waals surface area contributed by atoms with E-state index in [0.29, 0.717) is 13.1 Å². The Kier molecular flexibility index (Phi) is 6.23. The van der Waals surface area contributed by atoms with Crippen molar-refractivity contribution in [3.8, 4) is 0 Å². The van der Waals surface area contributed by atoms with Crippen molar-refractivity contribution in [2.75, 3.05) is 13.1 Å². The standard InChI is InChI=1S/C26H26N2O2/c29-25(24-14-8-7-13-22(24)19-20-9-3-1-4-10-20)27-23-15-17-28(18-16-23)26(30)21-11-5-2-6-12-21/h1-14,23H,15-19H2,(H,27,29). The van der Waals surface area contributed by atoms with E-state index >= 15 is 0 Å². The molecule has 3 aromatic rings. The van der Waals surface area contributed by atoms with Gasteiger partial charge in [0.1, 0.15) is 0 Å². The first-order valence-corrected chi connectivity index (χ1v) is 10.5. The number of hydrogen-bond donors (Lipinski definition) is 1. The van der Waals surface area contributed by atoms with E-state index in [1.165, 1.54) is 5.56 Å². The number of amides is 2. The maximum atomic E-state index is 13.0. The van der Waals surface area contributed by atoms with E-state index in [0.717, 1.165) is 36.0 Å². The molecule has 0 unspecified atom stereocenters. The van der Waals surface area contributed by atoms with Gasteiger partial charge in [-0.15, -0.1) is 0 Å². The highest BCUT2D eigenvalue weighted by Crippen LogP contribution is 2.17. The molecule has 1 aliphatic rings. The topological polar surface area (TPSA) is 49.4 Å². The number of benzene rings is 3. The van der Waals surface area contributed by atoms with Crippen LogP contribution >= 0.6 is 0 Å². The van der Waals surface area contributed by atoms with Crippen molar-refractivity contribution in [3.63, 3.8) is 0 Å². The first kappa shape index (κ1) is 19.9. The summed E-state index contributed by atoms with van der Waals surface area (Å²) in [4.78, 5) is 27.5. The van der Waals surface area contributed by atoms with Crippen LogP contribution in [0.2, 0.25) is 0 Å². The van der Waals surface area contributed by atoms with Crippen LogP contribution in [0.1, 0.15) is 44.7 Å². The van der Waals surface area contributed by atoms with Crippen LogP contribution in [0.15, 0.2) is 84.9 Å². The zero-order valence-corrected chi connectivity index (χ0v) is 17.0. The second-order valence-electron chi connectivity index (χ2n) is 7.73. The van der Waals surface area contributed by atoms with Crippen molar-refractivity contribution in [1.29, 1.82) is 0 Å². The molecule has 0 aromatic heterocycles. The van der Waals surface area contributed by atoms with Gasteiger partial charge in [0.25, 0.3) is 11.8 Å². The highest BCUT2D eigenvalue weighted by molar-refractivity contribution is 5.96. The van der Waals surface area contributed by atoms with Crippen molar-refractivity contribution < 1.29 is 9.59 Å². The molecule has 30 heavy (non-hydrogen) atoms. The highest BCUT2D eigenvalue weighted by Gasteiger charge is 2.25. The summed E-state index contributed by atoms with van der Waals surface area (Å²) < 4.78 is 0. The van der Waals surface area contributed by atoms with Gasteiger partial charge in [0, 0.05) is 30.3 Å². The fourth-order valence-electron chi connectivity index (χ4n) is 3.97. The molecular weight excluding hydrogens is 372 g/mol. The smallest absolute Gasteiger partial charge is 0.253 e. The molecule has 152 valence electrons. The number of hydrogen-bond acceptors (Lipinski definition) is 2. The third-order valence-corrected chi connectivity index (χ3v) is 5.64. The van der Waals surface area contributed by atoms with Gasteiger partial charge in [0.05, 0.1) is 0 Å². The lowest BCUT2D eigenvalue weighted by Crippen LogP contribution is -2.46. The Hall–Kier alpha value is -3.40. The van der Waals surface area contributed by atoms with Gasteiger partial charge in [-0.2, -0.15) is 0 Å². The lowest BCUT2D eigenvalue weighted by Gasteiger charge is -2.32. The van der Waals surface area contributed by atoms with E-state index in [-0.39, 0.29) is 17.9 Å². The van der Waals surface area contributed by atoms with Crippen LogP contribution in [0.4, 0.5) is 0 Å². The molecule has 4 rings (SSSR count). The van der Waals surface area contributed by atoms with Crippen LogP contribution < -0.4 is 5.32 Å². The van der Waals surface area contributed by atoms with E-state index in [2.05, 4.69) is 17.4 Å². The van der Waals surface area contributed by atoms with Crippen LogP contribution in [-0.2, 0) is 6.42 Å². The maximum Gasteiger partial charge on any atom is 0.253 e. The number of carbonyl (C=O) groups excluding carboxylic acids is 2. The molecule has 2 amide bonds. The van der Waals surface area contributed by atoms with Gasteiger partial charge < -0.3 is 10.2 Å². The molecule has 0 spiro atoms. The first-order valence-electron chi connectivity index (χ1n) is 10.5. The molecule has 1 aliphatic heterocycles. The molecule has 1 N–H and O–H groups in total. The fourth-order valence-corrected chi connectivity index (χ4v) is 3.97. The molecular formula is C26H26N2O2. The molecule has 0 atom stereocenters. The van der Waals surface area contributed by atoms with Crippen molar-refractivity contribution in [3.05, 3.63) is 107 Å². The Labute approximate surface area is 177 Å². The second-order valence-corrected chi connectivity index (χ2v) is 7.73. The molecule has 0 aliphatic carbocycles. The van der Waals surface area contributed by atoms with Gasteiger partial charge in [-0.05, 0) is 48.6 Å². The third-order valence-electron chi connectivity index (χ3n) is 5.64. The van der Waals surface area contributed by atoms with Crippen molar-refractivity contribution in [1.82, 2.24) is 10.2 Å². The van der Waals surface area contributed by atoms with E-state index in [4.69, 9.17) is 0 Å². The second kappa shape index (κ2) is 9.40. The average molecular weight is 399 g/mol. The summed E-state index contributed by atoms with van der Waals surface area (Å²) >= 11 is 0. The third kappa shape index (κ3) is 4.77. The summed E-state index contributed by atoms with van der Waals surface area (Å²) in [7, 11) is 0. The summed E-state index contributed by atoms with van der Waals surface area (Å²) in [5, 5.41) is 3.18. The Morgan fingerprint density at radius 2 is 1.40 bits per heavy atom. The minimum atomic E-state index is -0.0330. The molecule has 3 aromatic carbocycles. The summed E-state index contributed by atoms with van der Waals surface area (Å²) in [6.45, 7) is 1.31. The zero-order chi connectivity index (χ0) is 20.8. The minimum absolute atomic E-state index is 0.0330. The van der Waals surface area contributed by atoms with Gasteiger partial charge in [0.15, 0.2) is 0 Å². The van der Waals surface area contributed by atoms with Crippen molar-refractivity contribution in [2.24, 2.45) is 0 Å². The SMILES string of the molecule is O=C(NC1CCN(C(=O)c2ccccc2)CC1)c1ccccc1Cc1ccccc1. The fraction of sp³-hybridized carbons (Fsp3) is 0.231. The normalized spacial score (nSPS) is 14.3. The predicted molar refractivity (Wildman–Crippen MR) is 119 cm³/mol. The molecule has 4 heteroatoms. The molecule has 4 nitrogen and oxygen atoms in total. The van der Waals surface area contributed by atoms with Gasteiger partial charge in [0.2, 0.25) is 0 Å². The molecule has 0 saturated carbocycles. The number of nitrogens with one attached hydrogen (secondary N) is 1. The monoisotopic (exact) mass is 398 g/mol. The Balaban J connectivity index is 1.36. The Morgan fingerprint density at radius 1 is 0.800 bits per heavy atom. The number of carbonyl (C=O) groups is 2. The Morgan fingerprint density at radius 3 is 2.10 bits per heavy atom. The van der Waals surface area contributed by atoms with Crippen molar-refractivity contribution in [2.45, 2.75) is 25.3 Å². The summed E-state index contributed by atoms with van der Waals surface area (Å²) in [5.74, 6) is 0.0305. The van der Waals surface area contributed by atoms with E-state index in [9.17, 15) is 9.59 Å². The predicted octanol–water partition coefficient (Wildman–Crippen LogP) is 4.31. The number of rotatable bonds is 5. The van der Waals surface area contributed by atoms with Crippen LogP contribution in [0, 0.1) is 0 Å². The molecule has 1 heterocycles. The number of piperidine rings is 1. The molecule has 1 saturated heterocycles. The van der Waals surface area contributed by atoms with Gasteiger partial charge in [-0.25, -0.2) is 0 Å². The van der Waals surface area contributed by atoms with Crippen LogP contribution in [0.25, 0.3) is 0 Å². The first-order chi connectivity index (χ1) is 14.7. The molecule has 1 fully saturated rings. The minimum Gasteiger partial charge on any atom is -0.349 e. The van der Waals surface area contributed by atoms with Crippen LogP contribution in [-0.4, -0.2) is 35.8 Å². The largest absolute Gasteiger partial charge is 0.349 e. The number of nitrogens with zero attached hydrogens (tertiary/aromatic N) is 1. The lowest BCUT2D eigenvalue weighted by atomic mass is 9.98. The Bertz CT molecular complexity index is 994. The molecule has 0 bridgehead atoms. The van der Waals surface area contributed by atoms with Gasteiger partial charge in [-0.1, -0.05) is 66.7 Å². The van der Waals surface area contributed by atoms with E-state index in [1.807, 2.05) is 77.7 Å². The van der Waals surface area contributed by atoms with Gasteiger partial charge >= 0.3 is 0 Å². The van der Waals surface area contributed by atoms with Crippen LogP contribution in [0.3, 0.4) is 0 Å². The van der Waals surface area contributed by atoms with E-state index < -0.39 is 0 Å². The highest BCUT2D eigenvalue weighted by atomic mass is 16.2. The van der Waals surface area contributed by atoms with Crippen molar-refractivity contribution >= 4 is 11.8 Å². The zero-order valence-electron chi connectivity index (χ0n) is 17.0. The summed E-state index contributed by atoms with van der Waals surface area (Å²) in [6, 6.07) is 27.4. The average Bonchev–Trinajstić information content (AvgIpc) is 2.81. The van der Waals surface area contributed by atoms with E-state index in [1.54, 1.807) is 0 Å². The number of likely N-dealkylation sites (tertiary alicyclic amines) is 1. The molecule has 0 radical (unpaired) electrons. The summed E-state index contributed by atoms with van der Waals surface area (Å²) in [5.41, 5.74) is 3.65. The maximum absolute atomic E-state index is 13.0. The summed E-state index contributed by atoms with van der Waals surface area (Å²) in [6.07, 6.45) is 2.27.